The van der Waals surface area contributed by atoms with Gasteiger partial charge in [0, 0.05) is 11.3 Å². The van der Waals surface area contributed by atoms with E-state index in [-0.39, 0.29) is 18.2 Å². The Morgan fingerprint density at radius 2 is 1.76 bits per heavy atom. The predicted molar refractivity (Wildman–Crippen MR) is 114 cm³/mol. The number of aryl methyl sites for hydroxylation is 1. The van der Waals surface area contributed by atoms with Gasteiger partial charge in [-0.3, -0.25) is 4.79 Å². The fraction of sp³-hybridized carbons (Fsp3) is 0.0909. The lowest BCUT2D eigenvalue weighted by Gasteiger charge is -2.06. The summed E-state index contributed by atoms with van der Waals surface area (Å²) in [6.07, 6.45) is 1.36. The standard InChI is InChI=1S/C22H21N5O2/c1-16-6-5-9-19(12-16)23-15-22(29)27-24-14-17-13-20(10-11-21(17)28)26-25-18-7-3-2-4-8-18/h2-14,23,28H,15H2,1H3,(H,27,29). The minimum Gasteiger partial charge on any atom is -0.507 e. The molecule has 7 heteroatoms. The average molecular weight is 387 g/mol. The topological polar surface area (TPSA) is 98.4 Å². The second-order valence-electron chi connectivity index (χ2n) is 6.29. The molecule has 0 saturated heterocycles. The summed E-state index contributed by atoms with van der Waals surface area (Å²) in [7, 11) is 0. The van der Waals surface area contributed by atoms with Gasteiger partial charge in [0.25, 0.3) is 5.91 Å². The first-order valence-corrected chi connectivity index (χ1v) is 9.02. The molecule has 0 saturated carbocycles. The van der Waals surface area contributed by atoms with Gasteiger partial charge in [0.15, 0.2) is 0 Å². The molecule has 0 aliphatic rings. The maximum atomic E-state index is 11.9. The molecule has 0 radical (unpaired) electrons. The monoisotopic (exact) mass is 387 g/mol. The Kier molecular flexibility index (Phi) is 6.67. The van der Waals surface area contributed by atoms with Crippen LogP contribution in [0.25, 0.3) is 0 Å². The fourth-order valence-corrected chi connectivity index (χ4v) is 2.47. The first kappa shape index (κ1) is 19.8. The van der Waals surface area contributed by atoms with Gasteiger partial charge >= 0.3 is 0 Å². The molecule has 0 fully saturated rings. The number of rotatable bonds is 7. The SMILES string of the molecule is Cc1cccc(NCC(=O)NN=Cc2cc(N=Nc3ccccc3)ccc2O)c1. The maximum absolute atomic E-state index is 11.9. The highest BCUT2D eigenvalue weighted by Gasteiger charge is 2.02. The van der Waals surface area contributed by atoms with E-state index in [9.17, 15) is 9.90 Å². The Bertz CT molecular complexity index is 1030. The van der Waals surface area contributed by atoms with Crippen LogP contribution in [0.2, 0.25) is 0 Å². The van der Waals surface area contributed by atoms with Gasteiger partial charge in [-0.25, -0.2) is 5.43 Å². The summed E-state index contributed by atoms with van der Waals surface area (Å²) in [5.41, 5.74) is 6.09. The third-order valence-corrected chi connectivity index (χ3v) is 3.91. The number of aromatic hydroxyl groups is 1. The van der Waals surface area contributed by atoms with E-state index in [1.165, 1.54) is 12.3 Å². The number of azo groups is 1. The van der Waals surface area contributed by atoms with Crippen molar-refractivity contribution in [2.75, 3.05) is 11.9 Å². The van der Waals surface area contributed by atoms with Gasteiger partial charge in [-0.1, -0.05) is 30.3 Å². The number of carbonyl (C=O) groups is 1. The van der Waals surface area contributed by atoms with Crippen LogP contribution in [0, 0.1) is 6.92 Å². The third kappa shape index (κ3) is 6.28. The van der Waals surface area contributed by atoms with Crippen LogP contribution >= 0.6 is 0 Å². The van der Waals surface area contributed by atoms with Gasteiger partial charge in [0.05, 0.1) is 24.1 Å². The van der Waals surface area contributed by atoms with Crippen molar-refractivity contribution < 1.29 is 9.90 Å². The van der Waals surface area contributed by atoms with Crippen molar-refractivity contribution in [2.45, 2.75) is 6.92 Å². The summed E-state index contributed by atoms with van der Waals surface area (Å²) in [5.74, 6) is -0.276. The van der Waals surface area contributed by atoms with Crippen LogP contribution in [-0.4, -0.2) is 23.8 Å². The van der Waals surface area contributed by atoms with Crippen molar-refractivity contribution in [2.24, 2.45) is 15.3 Å². The van der Waals surface area contributed by atoms with Gasteiger partial charge in [0.2, 0.25) is 0 Å². The predicted octanol–water partition coefficient (Wildman–Crippen LogP) is 4.68. The molecule has 0 aromatic heterocycles. The molecule has 0 unspecified atom stereocenters. The van der Waals surface area contributed by atoms with Crippen molar-refractivity contribution in [3.63, 3.8) is 0 Å². The maximum Gasteiger partial charge on any atom is 0.259 e. The smallest absolute Gasteiger partial charge is 0.259 e. The molecule has 0 aliphatic heterocycles. The minimum atomic E-state index is -0.304. The molecule has 0 heterocycles. The lowest BCUT2D eigenvalue weighted by Crippen LogP contribution is -2.25. The Labute approximate surface area is 168 Å². The number of hydrogen-bond donors (Lipinski definition) is 3. The summed E-state index contributed by atoms with van der Waals surface area (Å²) in [6, 6.07) is 21.8. The van der Waals surface area contributed by atoms with Crippen LogP contribution in [0.1, 0.15) is 11.1 Å². The Hall–Kier alpha value is -4.00. The van der Waals surface area contributed by atoms with E-state index < -0.39 is 0 Å². The van der Waals surface area contributed by atoms with Gasteiger partial charge in [0.1, 0.15) is 5.75 Å². The van der Waals surface area contributed by atoms with Crippen LogP contribution < -0.4 is 10.7 Å². The molecule has 146 valence electrons. The normalized spacial score (nSPS) is 11.1. The lowest BCUT2D eigenvalue weighted by molar-refractivity contribution is -0.119. The summed E-state index contributed by atoms with van der Waals surface area (Å²) < 4.78 is 0. The molecule has 0 aliphatic carbocycles. The fourth-order valence-electron chi connectivity index (χ4n) is 2.47. The van der Waals surface area contributed by atoms with Gasteiger partial charge in [-0.05, 0) is 55.0 Å². The van der Waals surface area contributed by atoms with Crippen LogP contribution in [-0.2, 0) is 4.79 Å². The molecule has 0 atom stereocenters. The minimum absolute atomic E-state index is 0.0274. The van der Waals surface area contributed by atoms with Crippen molar-refractivity contribution in [1.82, 2.24) is 5.43 Å². The van der Waals surface area contributed by atoms with Crippen LogP contribution in [0.3, 0.4) is 0 Å². The zero-order valence-corrected chi connectivity index (χ0v) is 15.9. The second kappa shape index (κ2) is 9.80. The number of nitrogens with zero attached hydrogens (tertiary/aromatic N) is 3. The number of amides is 1. The number of hydrazone groups is 1. The molecule has 0 bridgehead atoms. The van der Waals surface area contributed by atoms with Crippen LogP contribution in [0.15, 0.2) is 88.1 Å². The van der Waals surface area contributed by atoms with E-state index in [0.717, 1.165) is 16.9 Å². The van der Waals surface area contributed by atoms with Gasteiger partial charge in [-0.15, -0.1) is 0 Å². The highest BCUT2D eigenvalue weighted by atomic mass is 16.3. The molecule has 3 N–H and O–H groups in total. The van der Waals surface area contributed by atoms with Crippen molar-refractivity contribution in [3.05, 3.63) is 83.9 Å². The van der Waals surface area contributed by atoms with E-state index in [2.05, 4.69) is 26.1 Å². The Morgan fingerprint density at radius 3 is 2.55 bits per heavy atom. The van der Waals surface area contributed by atoms with E-state index in [4.69, 9.17) is 0 Å². The van der Waals surface area contributed by atoms with E-state index in [1.54, 1.807) is 12.1 Å². The van der Waals surface area contributed by atoms with Crippen molar-refractivity contribution in [1.29, 1.82) is 0 Å². The van der Waals surface area contributed by atoms with Crippen LogP contribution in [0.5, 0.6) is 5.75 Å². The number of carbonyl (C=O) groups excluding carboxylic acids is 1. The number of phenols is 1. The number of hydrogen-bond acceptors (Lipinski definition) is 6. The molecule has 7 nitrogen and oxygen atoms in total. The zero-order valence-electron chi connectivity index (χ0n) is 15.9. The van der Waals surface area contributed by atoms with E-state index in [1.807, 2.05) is 61.5 Å². The molecule has 1 amide bonds. The van der Waals surface area contributed by atoms with Crippen molar-refractivity contribution in [3.8, 4) is 5.75 Å². The van der Waals surface area contributed by atoms with Gasteiger partial charge in [-0.2, -0.15) is 15.3 Å². The molecule has 29 heavy (non-hydrogen) atoms. The van der Waals surface area contributed by atoms with E-state index in [0.29, 0.717) is 11.3 Å². The summed E-state index contributed by atoms with van der Waals surface area (Å²) >= 11 is 0. The van der Waals surface area contributed by atoms with Crippen LogP contribution in [0.4, 0.5) is 17.1 Å². The number of nitrogens with one attached hydrogen (secondary N) is 2. The molecule has 0 spiro atoms. The van der Waals surface area contributed by atoms with Gasteiger partial charge < -0.3 is 10.4 Å². The summed E-state index contributed by atoms with van der Waals surface area (Å²) in [4.78, 5) is 11.9. The quantitative estimate of drug-likeness (QED) is 0.312. The molecular formula is C22H21N5O2. The number of benzene rings is 3. The largest absolute Gasteiger partial charge is 0.507 e. The summed E-state index contributed by atoms with van der Waals surface area (Å²) in [6.45, 7) is 2.06. The van der Waals surface area contributed by atoms with Crippen molar-refractivity contribution >= 4 is 29.2 Å². The molecular weight excluding hydrogens is 366 g/mol. The Balaban J connectivity index is 1.56. The zero-order chi connectivity index (χ0) is 20.5. The number of phenolic OH excluding ortho intramolecular Hbond substituents is 1. The molecule has 3 rings (SSSR count). The molecule has 3 aromatic carbocycles. The second-order valence-corrected chi connectivity index (χ2v) is 6.29. The lowest BCUT2D eigenvalue weighted by atomic mass is 10.2. The summed E-state index contributed by atoms with van der Waals surface area (Å²) in [5, 5.41) is 25.2. The highest BCUT2D eigenvalue weighted by molar-refractivity contribution is 5.87. The highest BCUT2D eigenvalue weighted by Crippen LogP contribution is 2.23. The average Bonchev–Trinajstić information content (AvgIpc) is 2.73. The van der Waals surface area contributed by atoms with E-state index >= 15 is 0 Å². The molecule has 3 aromatic rings. The Morgan fingerprint density at radius 1 is 0.966 bits per heavy atom. The first-order valence-electron chi connectivity index (χ1n) is 9.02. The third-order valence-electron chi connectivity index (χ3n) is 3.91. The first-order chi connectivity index (χ1) is 14.1. The number of anilines is 1.